The van der Waals surface area contributed by atoms with Crippen LogP contribution in [0.5, 0.6) is 0 Å². The molecule has 0 aliphatic carbocycles. The molecule has 6 heteroatoms. The number of nitrogen functional groups attached to an aromatic ring is 1. The molecule has 1 aliphatic heterocycles. The third-order valence-electron chi connectivity index (χ3n) is 1.87. The molecule has 14 heavy (non-hydrogen) atoms. The Balaban J connectivity index is 2.62. The standard InChI is InChI=1S/C8H11N5O/c1-8(2)3-10-4-5(13-8)11-7(9)12-6(4)14/h3H,1-2H3,(H4,9,11,12,13,14). The van der Waals surface area contributed by atoms with E-state index in [2.05, 4.69) is 20.3 Å². The van der Waals surface area contributed by atoms with Crippen LogP contribution in [0, 0.1) is 0 Å². The van der Waals surface area contributed by atoms with Gasteiger partial charge in [0, 0.05) is 6.21 Å². The van der Waals surface area contributed by atoms with E-state index in [-0.39, 0.29) is 22.7 Å². The zero-order valence-electron chi connectivity index (χ0n) is 7.96. The molecule has 0 aromatic carbocycles. The predicted octanol–water partition coefficient (Wildman–Crippen LogP) is 0.258. The van der Waals surface area contributed by atoms with Gasteiger partial charge in [0.25, 0.3) is 5.56 Å². The number of anilines is 2. The van der Waals surface area contributed by atoms with Gasteiger partial charge in [-0.2, -0.15) is 4.98 Å². The number of H-pyrrole nitrogens is 1. The maximum absolute atomic E-state index is 11.4. The number of aromatic amines is 1. The van der Waals surface area contributed by atoms with Crippen molar-refractivity contribution in [2.75, 3.05) is 11.1 Å². The van der Waals surface area contributed by atoms with Crippen molar-refractivity contribution in [3.8, 4) is 0 Å². The second-order valence-corrected chi connectivity index (χ2v) is 3.75. The van der Waals surface area contributed by atoms with E-state index < -0.39 is 0 Å². The molecule has 2 heterocycles. The number of nitrogens with two attached hydrogens (primary N) is 1. The maximum Gasteiger partial charge on any atom is 0.280 e. The minimum Gasteiger partial charge on any atom is -0.369 e. The van der Waals surface area contributed by atoms with Gasteiger partial charge in [-0.25, -0.2) is 4.99 Å². The van der Waals surface area contributed by atoms with Crippen LogP contribution < -0.4 is 16.6 Å². The van der Waals surface area contributed by atoms with E-state index >= 15 is 0 Å². The van der Waals surface area contributed by atoms with Gasteiger partial charge in [0.2, 0.25) is 5.95 Å². The molecule has 0 atom stereocenters. The summed E-state index contributed by atoms with van der Waals surface area (Å²) in [6, 6.07) is 0. The molecule has 74 valence electrons. The first-order valence-corrected chi connectivity index (χ1v) is 4.21. The van der Waals surface area contributed by atoms with Gasteiger partial charge < -0.3 is 11.1 Å². The fraction of sp³-hybridized carbons (Fsp3) is 0.375. The van der Waals surface area contributed by atoms with Crippen molar-refractivity contribution in [3.63, 3.8) is 0 Å². The van der Waals surface area contributed by atoms with Gasteiger partial charge in [-0.3, -0.25) is 9.78 Å². The Kier molecular flexibility index (Phi) is 1.60. The summed E-state index contributed by atoms with van der Waals surface area (Å²) in [7, 11) is 0. The lowest BCUT2D eigenvalue weighted by molar-refractivity contribution is 0.759. The Morgan fingerprint density at radius 1 is 1.50 bits per heavy atom. The number of hydrogen-bond acceptors (Lipinski definition) is 5. The highest BCUT2D eigenvalue weighted by atomic mass is 16.1. The van der Waals surface area contributed by atoms with E-state index in [9.17, 15) is 4.79 Å². The largest absolute Gasteiger partial charge is 0.369 e. The maximum atomic E-state index is 11.4. The molecule has 0 bridgehead atoms. The Hall–Kier alpha value is -1.85. The summed E-state index contributed by atoms with van der Waals surface area (Å²) < 4.78 is 0. The van der Waals surface area contributed by atoms with Crippen LogP contribution in [0.2, 0.25) is 0 Å². The molecule has 6 nitrogen and oxygen atoms in total. The van der Waals surface area contributed by atoms with Crippen LogP contribution in [0.3, 0.4) is 0 Å². The van der Waals surface area contributed by atoms with Gasteiger partial charge in [-0.15, -0.1) is 0 Å². The van der Waals surface area contributed by atoms with Crippen LogP contribution in [0.4, 0.5) is 17.5 Å². The lowest BCUT2D eigenvalue weighted by Gasteiger charge is -2.26. The summed E-state index contributed by atoms with van der Waals surface area (Å²) in [5, 5.41) is 3.06. The van der Waals surface area contributed by atoms with Crippen molar-refractivity contribution in [2.24, 2.45) is 4.99 Å². The lowest BCUT2D eigenvalue weighted by atomic mass is 10.1. The smallest absolute Gasteiger partial charge is 0.280 e. The molecule has 0 radical (unpaired) electrons. The summed E-state index contributed by atoms with van der Waals surface area (Å²) in [6.07, 6.45) is 1.67. The fourth-order valence-electron chi connectivity index (χ4n) is 1.25. The van der Waals surface area contributed by atoms with E-state index in [0.717, 1.165) is 0 Å². The number of nitrogens with zero attached hydrogens (tertiary/aromatic N) is 2. The SMILES string of the molecule is CC1(C)C=Nc2c(nc(N)[nH]c2=O)N1. The quantitative estimate of drug-likeness (QED) is 0.550. The summed E-state index contributed by atoms with van der Waals surface area (Å²) in [5.41, 5.74) is 5.06. The highest BCUT2D eigenvalue weighted by Gasteiger charge is 2.23. The molecule has 2 rings (SSSR count). The second kappa shape index (κ2) is 2.57. The predicted molar refractivity (Wildman–Crippen MR) is 55.1 cm³/mol. The molecular formula is C8H11N5O. The van der Waals surface area contributed by atoms with Crippen molar-refractivity contribution < 1.29 is 0 Å². The third kappa shape index (κ3) is 1.34. The van der Waals surface area contributed by atoms with Gasteiger partial charge in [0.1, 0.15) is 0 Å². The van der Waals surface area contributed by atoms with Gasteiger partial charge in [-0.1, -0.05) is 0 Å². The van der Waals surface area contributed by atoms with Crippen LogP contribution in [-0.2, 0) is 0 Å². The Morgan fingerprint density at radius 3 is 2.93 bits per heavy atom. The summed E-state index contributed by atoms with van der Waals surface area (Å²) >= 11 is 0. The first-order chi connectivity index (χ1) is 6.48. The normalized spacial score (nSPS) is 17.3. The topological polar surface area (TPSA) is 96.2 Å². The number of rotatable bonds is 0. The van der Waals surface area contributed by atoms with Crippen molar-refractivity contribution >= 4 is 23.7 Å². The molecule has 1 aromatic rings. The number of aliphatic imine (C=N–C) groups is 1. The second-order valence-electron chi connectivity index (χ2n) is 3.75. The fourth-order valence-corrected chi connectivity index (χ4v) is 1.25. The Morgan fingerprint density at radius 2 is 2.21 bits per heavy atom. The van der Waals surface area contributed by atoms with E-state index in [1.54, 1.807) is 6.21 Å². The number of aromatic nitrogens is 2. The van der Waals surface area contributed by atoms with Crippen molar-refractivity contribution in [1.29, 1.82) is 0 Å². The van der Waals surface area contributed by atoms with Crippen molar-refractivity contribution in [2.45, 2.75) is 19.4 Å². The first-order valence-electron chi connectivity index (χ1n) is 4.21. The zero-order valence-corrected chi connectivity index (χ0v) is 7.96. The van der Waals surface area contributed by atoms with Crippen LogP contribution in [-0.4, -0.2) is 21.7 Å². The van der Waals surface area contributed by atoms with E-state index in [1.807, 2.05) is 13.8 Å². The van der Waals surface area contributed by atoms with Gasteiger partial charge in [0.15, 0.2) is 11.5 Å². The Bertz CT molecular complexity index is 459. The number of hydrogen-bond donors (Lipinski definition) is 3. The van der Waals surface area contributed by atoms with Crippen LogP contribution >= 0.6 is 0 Å². The van der Waals surface area contributed by atoms with Crippen molar-refractivity contribution in [1.82, 2.24) is 9.97 Å². The van der Waals surface area contributed by atoms with Gasteiger partial charge >= 0.3 is 0 Å². The highest BCUT2D eigenvalue weighted by molar-refractivity contribution is 5.84. The molecule has 0 saturated heterocycles. The molecular weight excluding hydrogens is 182 g/mol. The molecule has 0 saturated carbocycles. The van der Waals surface area contributed by atoms with E-state index in [0.29, 0.717) is 5.82 Å². The van der Waals surface area contributed by atoms with Crippen molar-refractivity contribution in [3.05, 3.63) is 10.4 Å². The van der Waals surface area contributed by atoms with Crippen LogP contribution in [0.15, 0.2) is 9.79 Å². The van der Waals surface area contributed by atoms with Crippen LogP contribution in [0.1, 0.15) is 13.8 Å². The van der Waals surface area contributed by atoms with Gasteiger partial charge in [0.05, 0.1) is 5.54 Å². The van der Waals surface area contributed by atoms with Gasteiger partial charge in [-0.05, 0) is 13.8 Å². The van der Waals surface area contributed by atoms with E-state index in [1.165, 1.54) is 0 Å². The average molecular weight is 193 g/mol. The average Bonchev–Trinajstić information content (AvgIpc) is 2.00. The molecule has 4 N–H and O–H groups in total. The molecule has 0 amide bonds. The molecule has 0 spiro atoms. The molecule has 0 unspecified atom stereocenters. The summed E-state index contributed by atoms with van der Waals surface area (Å²) in [5.74, 6) is 0.521. The first kappa shape index (κ1) is 8.74. The molecule has 1 aromatic heterocycles. The van der Waals surface area contributed by atoms with E-state index in [4.69, 9.17) is 5.73 Å². The zero-order chi connectivity index (χ0) is 10.3. The number of nitrogens with one attached hydrogen (secondary N) is 2. The monoisotopic (exact) mass is 193 g/mol. The van der Waals surface area contributed by atoms with Crippen LogP contribution in [0.25, 0.3) is 0 Å². The minimum atomic E-state index is -0.327. The third-order valence-corrected chi connectivity index (χ3v) is 1.87. The molecule has 0 fully saturated rings. The summed E-state index contributed by atoms with van der Waals surface area (Å²) in [6.45, 7) is 3.86. The Labute approximate surface area is 80.3 Å². The number of fused-ring (bicyclic) bond motifs is 1. The minimum absolute atomic E-state index is 0.0918. The summed E-state index contributed by atoms with van der Waals surface area (Å²) in [4.78, 5) is 21.8. The lowest BCUT2D eigenvalue weighted by Crippen LogP contribution is -2.36. The highest BCUT2D eigenvalue weighted by Crippen LogP contribution is 2.25. The molecule has 1 aliphatic rings.